The van der Waals surface area contributed by atoms with E-state index in [1.54, 1.807) is 0 Å². The molecule has 0 aromatic carbocycles. The number of hydrogen-bond donors (Lipinski definition) is 1. The number of nitrogens with two attached hydrogens (primary N) is 1. The molecule has 2 aliphatic carbocycles. The third-order valence-electron chi connectivity index (χ3n) is 4.93. The number of carbonyl (C=O) groups is 1. The van der Waals surface area contributed by atoms with Gasteiger partial charge in [0.2, 0.25) is 0 Å². The highest BCUT2D eigenvalue weighted by molar-refractivity contribution is 5.67. The normalized spacial score (nSPS) is 40.6. The van der Waals surface area contributed by atoms with Gasteiger partial charge in [0, 0.05) is 19.4 Å². The van der Waals surface area contributed by atoms with Crippen molar-refractivity contribution in [3.05, 3.63) is 12.2 Å². The van der Waals surface area contributed by atoms with E-state index >= 15 is 0 Å². The van der Waals surface area contributed by atoms with Gasteiger partial charge in [-0.2, -0.15) is 0 Å². The molecule has 0 bridgehead atoms. The number of ether oxygens (including phenoxy) is 1. The Morgan fingerprint density at radius 1 is 1.65 bits per heavy atom. The maximum absolute atomic E-state index is 11.2. The highest BCUT2D eigenvalue weighted by atomic mass is 16.6. The van der Waals surface area contributed by atoms with E-state index in [1.807, 2.05) is 0 Å². The van der Waals surface area contributed by atoms with Gasteiger partial charge in [0.15, 0.2) is 0 Å². The molecule has 2 rings (SSSR count). The van der Waals surface area contributed by atoms with Gasteiger partial charge in [0.1, 0.15) is 5.60 Å². The molecule has 3 heteroatoms. The summed E-state index contributed by atoms with van der Waals surface area (Å²) in [5.74, 6) is 0.755. The van der Waals surface area contributed by atoms with Crippen LogP contribution in [0.4, 0.5) is 0 Å². The zero-order valence-corrected chi connectivity index (χ0v) is 11.0. The van der Waals surface area contributed by atoms with Crippen LogP contribution in [0.15, 0.2) is 12.2 Å². The number of carbonyl (C=O) groups excluding carboxylic acids is 1. The summed E-state index contributed by atoms with van der Waals surface area (Å²) in [6.07, 6.45) is 7.64. The maximum atomic E-state index is 11.2. The van der Waals surface area contributed by atoms with E-state index in [2.05, 4.69) is 26.0 Å². The third-order valence-corrected chi connectivity index (χ3v) is 4.93. The fraction of sp³-hybridized carbons (Fsp3) is 0.786. The molecule has 0 aromatic heterocycles. The van der Waals surface area contributed by atoms with Crippen molar-refractivity contribution in [2.45, 2.75) is 45.6 Å². The van der Waals surface area contributed by atoms with Gasteiger partial charge in [-0.25, -0.2) is 0 Å². The second-order valence-electron chi connectivity index (χ2n) is 5.69. The molecule has 1 fully saturated rings. The number of esters is 1. The Balaban J connectivity index is 2.21. The van der Waals surface area contributed by atoms with Crippen molar-refractivity contribution in [3.63, 3.8) is 0 Å². The largest absolute Gasteiger partial charge is 0.457 e. The van der Waals surface area contributed by atoms with Gasteiger partial charge in [-0.15, -0.1) is 0 Å². The molecular weight excluding hydrogens is 214 g/mol. The molecule has 17 heavy (non-hydrogen) atoms. The molecule has 0 amide bonds. The summed E-state index contributed by atoms with van der Waals surface area (Å²) in [5.41, 5.74) is 5.73. The number of hydrogen-bond acceptors (Lipinski definition) is 3. The fourth-order valence-electron chi connectivity index (χ4n) is 3.87. The summed E-state index contributed by atoms with van der Waals surface area (Å²) >= 11 is 0. The molecule has 0 heterocycles. The van der Waals surface area contributed by atoms with Crippen LogP contribution < -0.4 is 5.73 Å². The molecule has 0 spiro atoms. The highest BCUT2D eigenvalue weighted by Gasteiger charge is 2.66. The Hall–Kier alpha value is -0.830. The van der Waals surface area contributed by atoms with Crippen molar-refractivity contribution in [2.24, 2.45) is 23.0 Å². The van der Waals surface area contributed by atoms with E-state index in [9.17, 15) is 4.79 Å². The summed E-state index contributed by atoms with van der Waals surface area (Å²) in [6, 6.07) is 0. The van der Waals surface area contributed by atoms with E-state index in [-0.39, 0.29) is 5.97 Å². The van der Waals surface area contributed by atoms with E-state index in [1.165, 1.54) is 13.3 Å². The van der Waals surface area contributed by atoms with Crippen molar-refractivity contribution < 1.29 is 9.53 Å². The van der Waals surface area contributed by atoms with E-state index in [4.69, 9.17) is 10.5 Å². The van der Waals surface area contributed by atoms with E-state index in [0.29, 0.717) is 23.8 Å². The molecule has 1 unspecified atom stereocenters. The Morgan fingerprint density at radius 3 is 2.88 bits per heavy atom. The smallest absolute Gasteiger partial charge is 0.303 e. The van der Waals surface area contributed by atoms with E-state index < -0.39 is 5.60 Å². The molecular formula is C14H23NO2. The lowest BCUT2D eigenvalue weighted by atomic mass is 9.47. The summed E-state index contributed by atoms with van der Waals surface area (Å²) in [4.78, 5) is 11.2. The molecule has 2 N–H and O–H groups in total. The topological polar surface area (TPSA) is 52.3 Å². The Morgan fingerprint density at radius 2 is 2.35 bits per heavy atom. The zero-order chi connectivity index (χ0) is 12.7. The van der Waals surface area contributed by atoms with Crippen LogP contribution in [0.3, 0.4) is 0 Å². The minimum atomic E-state index is -0.428. The monoisotopic (exact) mass is 237 g/mol. The highest BCUT2D eigenvalue weighted by Crippen LogP contribution is 2.65. The van der Waals surface area contributed by atoms with Gasteiger partial charge in [-0.3, -0.25) is 4.79 Å². The minimum absolute atomic E-state index is 0.214. The molecule has 1 saturated carbocycles. The first-order valence-corrected chi connectivity index (χ1v) is 6.57. The molecule has 0 saturated heterocycles. The van der Waals surface area contributed by atoms with Crippen LogP contribution in [0.5, 0.6) is 0 Å². The summed E-state index contributed by atoms with van der Waals surface area (Å²) < 4.78 is 5.54. The Labute approximate surface area is 103 Å². The van der Waals surface area contributed by atoms with Crippen LogP contribution >= 0.6 is 0 Å². The average Bonchev–Trinajstić information content (AvgIpc) is 2.64. The van der Waals surface area contributed by atoms with Crippen LogP contribution in [0, 0.1) is 17.3 Å². The third kappa shape index (κ3) is 1.63. The molecule has 96 valence electrons. The van der Waals surface area contributed by atoms with Crippen LogP contribution in [-0.2, 0) is 9.53 Å². The lowest BCUT2D eigenvalue weighted by Gasteiger charge is -2.61. The lowest BCUT2D eigenvalue weighted by Crippen LogP contribution is -2.66. The van der Waals surface area contributed by atoms with Crippen molar-refractivity contribution in [2.75, 3.05) is 6.54 Å². The minimum Gasteiger partial charge on any atom is -0.457 e. The molecule has 3 nitrogen and oxygen atoms in total. The van der Waals surface area contributed by atoms with Gasteiger partial charge in [-0.1, -0.05) is 32.4 Å². The van der Waals surface area contributed by atoms with Gasteiger partial charge >= 0.3 is 5.97 Å². The predicted molar refractivity (Wildman–Crippen MR) is 67.3 cm³/mol. The molecule has 2 aliphatic rings. The van der Waals surface area contributed by atoms with Crippen molar-refractivity contribution in [3.8, 4) is 0 Å². The predicted octanol–water partition coefficient (Wildman–Crippen LogP) is 2.26. The Bertz CT molecular complexity index is 352. The van der Waals surface area contributed by atoms with Gasteiger partial charge < -0.3 is 10.5 Å². The van der Waals surface area contributed by atoms with Crippen LogP contribution in [0.2, 0.25) is 0 Å². The van der Waals surface area contributed by atoms with Crippen LogP contribution in [0.1, 0.15) is 40.0 Å². The first-order valence-electron chi connectivity index (χ1n) is 6.57. The van der Waals surface area contributed by atoms with Crippen LogP contribution in [0.25, 0.3) is 0 Å². The first kappa shape index (κ1) is 12.6. The van der Waals surface area contributed by atoms with Crippen LogP contribution in [-0.4, -0.2) is 18.1 Å². The summed E-state index contributed by atoms with van der Waals surface area (Å²) in [7, 11) is 0. The zero-order valence-electron chi connectivity index (χ0n) is 11.0. The summed E-state index contributed by atoms with van der Waals surface area (Å²) in [6.45, 7) is 6.43. The SMILES string of the molecule is CCC(C)[C@]12CC=C[C@H]1[C@](CN)(OC(C)=O)C2. The maximum Gasteiger partial charge on any atom is 0.303 e. The molecule has 0 aliphatic heterocycles. The molecule has 0 radical (unpaired) electrons. The second kappa shape index (κ2) is 4.13. The van der Waals surface area contributed by atoms with Crippen molar-refractivity contribution in [1.29, 1.82) is 0 Å². The Kier molecular flexibility index (Phi) is 3.06. The molecule has 4 atom stereocenters. The molecule has 0 aromatic rings. The first-order chi connectivity index (χ1) is 8.00. The quantitative estimate of drug-likeness (QED) is 0.602. The van der Waals surface area contributed by atoms with Crippen molar-refractivity contribution >= 4 is 5.97 Å². The number of allylic oxidation sites excluding steroid dienone is 1. The lowest BCUT2D eigenvalue weighted by molar-refractivity contribution is -0.213. The van der Waals surface area contributed by atoms with Gasteiger partial charge in [0.25, 0.3) is 0 Å². The van der Waals surface area contributed by atoms with Gasteiger partial charge in [-0.05, 0) is 24.2 Å². The standard InChI is InChI=1S/C14H23NO2/c1-4-10(2)13-7-5-6-12(13)14(8-13,9-15)17-11(3)16/h5-6,10,12H,4,7-9,15H2,1-3H3/t10?,12-,13-,14+/m1/s1. The second-order valence-corrected chi connectivity index (χ2v) is 5.69. The van der Waals surface area contributed by atoms with Gasteiger partial charge in [0.05, 0.1) is 0 Å². The summed E-state index contributed by atoms with van der Waals surface area (Å²) in [5, 5.41) is 0. The number of fused-ring (bicyclic) bond motifs is 1. The van der Waals surface area contributed by atoms with Crippen molar-refractivity contribution in [1.82, 2.24) is 0 Å². The van der Waals surface area contributed by atoms with E-state index in [0.717, 1.165) is 12.8 Å². The number of rotatable bonds is 4. The fourth-order valence-corrected chi connectivity index (χ4v) is 3.87. The average molecular weight is 237 g/mol.